The zero-order valence-electron chi connectivity index (χ0n) is 10.2. The van der Waals surface area contributed by atoms with Crippen LogP contribution < -0.4 is 11.1 Å². The molecule has 0 aliphatic carbocycles. The molecule has 0 spiro atoms. The Morgan fingerprint density at radius 1 is 1.20 bits per heavy atom. The Labute approximate surface area is 93.8 Å². The Bertz CT molecular complexity index is 160. The second-order valence-corrected chi connectivity index (χ2v) is 4.16. The Balaban J connectivity index is 3.32. The normalized spacial score (nSPS) is 12.5. The fourth-order valence-corrected chi connectivity index (χ4v) is 1.52. The van der Waals surface area contributed by atoms with Crippen LogP contribution in [0.1, 0.15) is 58.8 Å². The van der Waals surface area contributed by atoms with E-state index >= 15 is 0 Å². The van der Waals surface area contributed by atoms with E-state index < -0.39 is 0 Å². The van der Waals surface area contributed by atoms with Crippen LogP contribution >= 0.6 is 0 Å². The van der Waals surface area contributed by atoms with Crippen molar-refractivity contribution < 1.29 is 4.79 Å². The van der Waals surface area contributed by atoms with E-state index in [4.69, 9.17) is 5.73 Å². The van der Waals surface area contributed by atoms with Gasteiger partial charge in [0.2, 0.25) is 5.91 Å². The smallest absolute Gasteiger partial charge is 0.220 e. The van der Waals surface area contributed by atoms with Gasteiger partial charge in [-0.25, -0.2) is 0 Å². The summed E-state index contributed by atoms with van der Waals surface area (Å²) in [5.74, 6) is 0.151. The van der Waals surface area contributed by atoms with E-state index in [9.17, 15) is 4.79 Å². The first-order valence-electron chi connectivity index (χ1n) is 6.23. The summed E-state index contributed by atoms with van der Waals surface area (Å²) < 4.78 is 0. The topological polar surface area (TPSA) is 55.1 Å². The van der Waals surface area contributed by atoms with E-state index in [-0.39, 0.29) is 11.9 Å². The van der Waals surface area contributed by atoms with Gasteiger partial charge >= 0.3 is 0 Å². The lowest BCUT2D eigenvalue weighted by molar-refractivity contribution is -0.121. The molecule has 0 saturated carbocycles. The van der Waals surface area contributed by atoms with Crippen molar-refractivity contribution in [2.45, 2.75) is 64.8 Å². The SMILES string of the molecule is CCCCCCC(=O)NCC(N)CCC. The molecule has 0 aromatic rings. The predicted molar refractivity (Wildman–Crippen MR) is 64.7 cm³/mol. The molecule has 3 heteroatoms. The van der Waals surface area contributed by atoms with Gasteiger partial charge in [-0.15, -0.1) is 0 Å². The van der Waals surface area contributed by atoms with Gasteiger partial charge in [0, 0.05) is 19.0 Å². The summed E-state index contributed by atoms with van der Waals surface area (Å²) in [6.45, 7) is 4.90. The number of amides is 1. The third-order valence-corrected chi connectivity index (χ3v) is 2.48. The van der Waals surface area contributed by atoms with Crippen molar-refractivity contribution in [1.82, 2.24) is 5.32 Å². The number of hydrogen-bond acceptors (Lipinski definition) is 2. The van der Waals surface area contributed by atoms with Gasteiger partial charge in [0.25, 0.3) is 0 Å². The van der Waals surface area contributed by atoms with Crippen molar-refractivity contribution >= 4 is 5.91 Å². The molecule has 1 unspecified atom stereocenters. The predicted octanol–water partition coefficient (Wildman–Crippen LogP) is 2.20. The van der Waals surface area contributed by atoms with Gasteiger partial charge in [-0.3, -0.25) is 4.79 Å². The number of rotatable bonds is 9. The monoisotopic (exact) mass is 214 g/mol. The van der Waals surface area contributed by atoms with Crippen LogP contribution in [0.15, 0.2) is 0 Å². The average molecular weight is 214 g/mol. The van der Waals surface area contributed by atoms with Crippen LogP contribution in [0, 0.1) is 0 Å². The van der Waals surface area contributed by atoms with Gasteiger partial charge in [-0.05, 0) is 12.8 Å². The summed E-state index contributed by atoms with van der Waals surface area (Å²) in [6, 6.07) is 0.120. The zero-order chi connectivity index (χ0) is 11.5. The van der Waals surface area contributed by atoms with E-state index in [0.29, 0.717) is 13.0 Å². The van der Waals surface area contributed by atoms with Crippen molar-refractivity contribution in [1.29, 1.82) is 0 Å². The summed E-state index contributed by atoms with van der Waals surface area (Å²) in [5, 5.41) is 2.88. The molecule has 0 bridgehead atoms. The van der Waals surface area contributed by atoms with E-state index in [0.717, 1.165) is 25.7 Å². The molecule has 0 saturated heterocycles. The third kappa shape index (κ3) is 9.73. The summed E-state index contributed by atoms with van der Waals surface area (Å²) in [6.07, 6.45) is 7.31. The van der Waals surface area contributed by atoms with Crippen LogP contribution in [0.5, 0.6) is 0 Å². The number of unbranched alkanes of at least 4 members (excludes halogenated alkanes) is 3. The van der Waals surface area contributed by atoms with Crippen LogP contribution in [0.2, 0.25) is 0 Å². The van der Waals surface area contributed by atoms with Crippen molar-refractivity contribution in [3.8, 4) is 0 Å². The molecule has 0 aromatic carbocycles. The highest BCUT2D eigenvalue weighted by atomic mass is 16.1. The largest absolute Gasteiger partial charge is 0.355 e. The molecular weight excluding hydrogens is 188 g/mol. The minimum Gasteiger partial charge on any atom is -0.355 e. The maximum atomic E-state index is 11.3. The summed E-state index contributed by atoms with van der Waals surface area (Å²) >= 11 is 0. The first-order chi connectivity index (χ1) is 7.20. The highest BCUT2D eigenvalue weighted by Gasteiger charge is 2.04. The molecule has 1 atom stereocenters. The van der Waals surface area contributed by atoms with Crippen molar-refractivity contribution in [3.05, 3.63) is 0 Å². The first kappa shape index (κ1) is 14.4. The Morgan fingerprint density at radius 3 is 2.53 bits per heavy atom. The number of hydrogen-bond donors (Lipinski definition) is 2. The second kappa shape index (κ2) is 9.97. The molecule has 0 radical (unpaired) electrons. The minimum atomic E-state index is 0.120. The minimum absolute atomic E-state index is 0.120. The molecule has 3 nitrogen and oxygen atoms in total. The molecule has 0 heterocycles. The van der Waals surface area contributed by atoms with Crippen molar-refractivity contribution in [2.75, 3.05) is 6.54 Å². The van der Waals surface area contributed by atoms with Gasteiger partial charge in [0.15, 0.2) is 0 Å². The quantitative estimate of drug-likeness (QED) is 0.578. The van der Waals surface area contributed by atoms with Crippen molar-refractivity contribution in [3.63, 3.8) is 0 Å². The highest BCUT2D eigenvalue weighted by Crippen LogP contribution is 2.02. The number of nitrogens with one attached hydrogen (secondary N) is 1. The summed E-state index contributed by atoms with van der Waals surface area (Å²) in [5.41, 5.74) is 5.79. The highest BCUT2D eigenvalue weighted by molar-refractivity contribution is 5.75. The summed E-state index contributed by atoms with van der Waals surface area (Å²) in [7, 11) is 0. The van der Waals surface area contributed by atoms with E-state index in [1.165, 1.54) is 12.8 Å². The lowest BCUT2D eigenvalue weighted by atomic mass is 10.1. The Morgan fingerprint density at radius 2 is 1.93 bits per heavy atom. The standard InChI is InChI=1S/C12H26N2O/c1-3-5-6-7-9-12(15)14-10-11(13)8-4-2/h11H,3-10,13H2,1-2H3,(H,14,15). The van der Waals surface area contributed by atoms with Gasteiger partial charge in [-0.1, -0.05) is 39.5 Å². The van der Waals surface area contributed by atoms with Crippen LogP contribution in [-0.4, -0.2) is 18.5 Å². The molecule has 0 fully saturated rings. The van der Waals surface area contributed by atoms with Gasteiger partial charge in [0.1, 0.15) is 0 Å². The zero-order valence-corrected chi connectivity index (χ0v) is 10.2. The molecular formula is C12H26N2O. The maximum absolute atomic E-state index is 11.3. The van der Waals surface area contributed by atoms with Gasteiger partial charge in [-0.2, -0.15) is 0 Å². The lowest BCUT2D eigenvalue weighted by Crippen LogP contribution is -2.36. The molecule has 1 amide bonds. The third-order valence-electron chi connectivity index (χ3n) is 2.48. The Hall–Kier alpha value is -0.570. The fourth-order valence-electron chi connectivity index (χ4n) is 1.52. The van der Waals surface area contributed by atoms with E-state index in [1.54, 1.807) is 0 Å². The molecule has 0 rings (SSSR count). The first-order valence-corrected chi connectivity index (χ1v) is 6.23. The van der Waals surface area contributed by atoms with Crippen LogP contribution in [0.4, 0.5) is 0 Å². The summed E-state index contributed by atoms with van der Waals surface area (Å²) in [4.78, 5) is 11.3. The second-order valence-electron chi connectivity index (χ2n) is 4.16. The fraction of sp³-hybridized carbons (Fsp3) is 0.917. The number of carbonyl (C=O) groups excluding carboxylic acids is 1. The molecule has 0 aromatic heterocycles. The Kier molecular flexibility index (Phi) is 9.59. The molecule has 3 N–H and O–H groups in total. The van der Waals surface area contributed by atoms with E-state index in [1.807, 2.05) is 0 Å². The van der Waals surface area contributed by atoms with Gasteiger partial charge in [0.05, 0.1) is 0 Å². The van der Waals surface area contributed by atoms with E-state index in [2.05, 4.69) is 19.2 Å². The number of nitrogens with two attached hydrogens (primary N) is 1. The lowest BCUT2D eigenvalue weighted by Gasteiger charge is -2.11. The molecule has 15 heavy (non-hydrogen) atoms. The average Bonchev–Trinajstić information content (AvgIpc) is 2.22. The molecule has 0 aliphatic heterocycles. The molecule has 0 aliphatic rings. The van der Waals surface area contributed by atoms with Crippen LogP contribution in [-0.2, 0) is 4.79 Å². The number of carbonyl (C=O) groups is 1. The van der Waals surface area contributed by atoms with Crippen LogP contribution in [0.25, 0.3) is 0 Å². The van der Waals surface area contributed by atoms with Crippen LogP contribution in [0.3, 0.4) is 0 Å². The molecule has 90 valence electrons. The maximum Gasteiger partial charge on any atom is 0.220 e. The van der Waals surface area contributed by atoms with Crippen molar-refractivity contribution in [2.24, 2.45) is 5.73 Å². The van der Waals surface area contributed by atoms with Gasteiger partial charge < -0.3 is 11.1 Å².